The first-order chi connectivity index (χ1) is 14.2. The normalized spacial score (nSPS) is 11.5. The summed E-state index contributed by atoms with van der Waals surface area (Å²) < 4.78 is 24.2. The maximum absolute atomic E-state index is 12.7. The van der Waals surface area contributed by atoms with Crippen molar-refractivity contribution in [2.24, 2.45) is 0 Å². The van der Waals surface area contributed by atoms with Gasteiger partial charge in [-0.15, -0.1) is 0 Å². The monoisotopic (exact) mass is 462 g/mol. The van der Waals surface area contributed by atoms with Gasteiger partial charge < -0.3 is 5.32 Å². The first-order valence-electron chi connectivity index (χ1n) is 9.19. The molecular formula is C22H20Cl2N2O3S. The Morgan fingerprint density at radius 3 is 2.43 bits per heavy atom. The predicted molar refractivity (Wildman–Crippen MR) is 122 cm³/mol. The van der Waals surface area contributed by atoms with E-state index in [2.05, 4.69) is 10.3 Å². The minimum absolute atomic E-state index is 0.128. The third kappa shape index (κ3) is 5.19. The molecule has 0 aliphatic carbocycles. The van der Waals surface area contributed by atoms with Crippen molar-refractivity contribution in [2.75, 3.05) is 5.32 Å². The van der Waals surface area contributed by atoms with Gasteiger partial charge in [-0.1, -0.05) is 35.3 Å². The minimum Gasteiger partial charge on any atom is -0.322 e. The van der Waals surface area contributed by atoms with Crippen LogP contribution in [0.15, 0.2) is 60.8 Å². The lowest BCUT2D eigenvalue weighted by molar-refractivity contribution is 0.102. The number of sulfone groups is 1. The second-order valence-corrected chi connectivity index (χ2v) is 10.4. The average molecular weight is 463 g/mol. The molecule has 0 aliphatic heterocycles. The van der Waals surface area contributed by atoms with Gasteiger partial charge in [-0.2, -0.15) is 0 Å². The van der Waals surface area contributed by atoms with Gasteiger partial charge in [-0.05, 0) is 61.9 Å². The summed E-state index contributed by atoms with van der Waals surface area (Å²) in [5.74, 6) is -0.538. The molecule has 0 fully saturated rings. The summed E-state index contributed by atoms with van der Waals surface area (Å²) in [7, 11) is -3.26. The average Bonchev–Trinajstić information content (AvgIpc) is 2.69. The third-order valence-electron chi connectivity index (χ3n) is 4.53. The highest BCUT2D eigenvalue weighted by Crippen LogP contribution is 2.30. The number of hydrogen-bond acceptors (Lipinski definition) is 4. The second kappa shape index (κ2) is 9.16. The molecule has 0 spiro atoms. The van der Waals surface area contributed by atoms with E-state index in [9.17, 15) is 13.2 Å². The quantitative estimate of drug-likeness (QED) is 0.514. The number of anilines is 1. The largest absolute Gasteiger partial charge is 0.322 e. The van der Waals surface area contributed by atoms with Crippen LogP contribution in [-0.4, -0.2) is 24.6 Å². The highest BCUT2D eigenvalue weighted by Gasteiger charge is 2.19. The second-order valence-electron chi connectivity index (χ2n) is 7.03. The van der Waals surface area contributed by atoms with E-state index in [1.165, 1.54) is 12.1 Å². The number of aromatic nitrogens is 1. The Kier molecular flexibility index (Phi) is 6.81. The van der Waals surface area contributed by atoms with Gasteiger partial charge in [0.15, 0.2) is 9.84 Å². The van der Waals surface area contributed by atoms with Crippen LogP contribution < -0.4 is 5.32 Å². The van der Waals surface area contributed by atoms with Gasteiger partial charge >= 0.3 is 0 Å². The SMILES string of the molecule is CC(C)S(=O)(=O)Cc1ccc(C(=O)Nc2ccc(Cl)c(-c3ccccn3)c2)c(Cl)c1. The van der Waals surface area contributed by atoms with Crippen molar-refractivity contribution in [1.29, 1.82) is 0 Å². The van der Waals surface area contributed by atoms with E-state index in [1.54, 1.807) is 50.4 Å². The van der Waals surface area contributed by atoms with Crippen LogP contribution in [0.4, 0.5) is 5.69 Å². The molecule has 0 radical (unpaired) electrons. The third-order valence-corrected chi connectivity index (χ3v) is 7.34. The Bertz CT molecular complexity index is 1180. The lowest BCUT2D eigenvalue weighted by Crippen LogP contribution is -2.16. The number of pyridine rings is 1. The van der Waals surface area contributed by atoms with Gasteiger partial charge in [0.1, 0.15) is 0 Å². The number of hydrogen-bond donors (Lipinski definition) is 1. The first-order valence-corrected chi connectivity index (χ1v) is 11.7. The Hall–Kier alpha value is -2.41. The summed E-state index contributed by atoms with van der Waals surface area (Å²) in [4.78, 5) is 17.0. The van der Waals surface area contributed by atoms with Crippen LogP contribution in [0.1, 0.15) is 29.8 Å². The van der Waals surface area contributed by atoms with Crippen molar-refractivity contribution in [3.8, 4) is 11.3 Å². The van der Waals surface area contributed by atoms with Crippen LogP contribution in [0, 0.1) is 0 Å². The molecule has 156 valence electrons. The molecule has 8 heteroatoms. The lowest BCUT2D eigenvalue weighted by Gasteiger charge is -2.12. The number of nitrogens with one attached hydrogen (secondary N) is 1. The molecule has 0 unspecified atom stereocenters. The van der Waals surface area contributed by atoms with Crippen molar-refractivity contribution in [3.63, 3.8) is 0 Å². The highest BCUT2D eigenvalue weighted by atomic mass is 35.5. The van der Waals surface area contributed by atoms with Crippen molar-refractivity contribution >= 4 is 44.6 Å². The Balaban J connectivity index is 1.81. The number of carbonyl (C=O) groups is 1. The molecule has 0 aliphatic rings. The van der Waals surface area contributed by atoms with Gasteiger partial charge in [0.05, 0.1) is 32.3 Å². The molecule has 1 heterocycles. The van der Waals surface area contributed by atoms with Crippen molar-refractivity contribution in [1.82, 2.24) is 4.98 Å². The summed E-state index contributed by atoms with van der Waals surface area (Å²) in [5, 5.41) is 3.00. The van der Waals surface area contributed by atoms with Gasteiger partial charge in [0, 0.05) is 17.4 Å². The fourth-order valence-corrected chi connectivity index (χ4v) is 4.23. The van der Waals surface area contributed by atoms with E-state index >= 15 is 0 Å². The topological polar surface area (TPSA) is 76.1 Å². The molecule has 1 amide bonds. The zero-order valence-electron chi connectivity index (χ0n) is 16.4. The van der Waals surface area contributed by atoms with Gasteiger partial charge in [0.2, 0.25) is 0 Å². The molecule has 0 saturated heterocycles. The number of nitrogens with zero attached hydrogens (tertiary/aromatic N) is 1. The molecule has 30 heavy (non-hydrogen) atoms. The Morgan fingerprint density at radius 1 is 1.03 bits per heavy atom. The van der Waals surface area contributed by atoms with E-state index < -0.39 is 21.0 Å². The predicted octanol–water partition coefficient (Wildman–Crippen LogP) is 5.63. The summed E-state index contributed by atoms with van der Waals surface area (Å²) in [5.41, 5.74) is 2.70. The minimum atomic E-state index is -3.26. The first kappa shape index (κ1) is 22.3. The molecule has 1 N–H and O–H groups in total. The number of carbonyl (C=O) groups excluding carboxylic acids is 1. The molecule has 3 aromatic rings. The fraction of sp³-hybridized carbons (Fsp3) is 0.182. The zero-order valence-corrected chi connectivity index (χ0v) is 18.7. The molecular weight excluding hydrogens is 443 g/mol. The molecule has 5 nitrogen and oxygen atoms in total. The number of halogens is 2. The van der Waals surface area contributed by atoms with Crippen LogP contribution in [0.25, 0.3) is 11.3 Å². The number of amides is 1. The summed E-state index contributed by atoms with van der Waals surface area (Å²) in [6.45, 7) is 3.26. The van der Waals surface area contributed by atoms with Crippen LogP contribution in [0.2, 0.25) is 10.0 Å². The zero-order chi connectivity index (χ0) is 21.9. The van der Waals surface area contributed by atoms with E-state index in [-0.39, 0.29) is 16.3 Å². The van der Waals surface area contributed by atoms with Crippen molar-refractivity contribution < 1.29 is 13.2 Å². The molecule has 3 rings (SSSR count). The van der Waals surface area contributed by atoms with Gasteiger partial charge in [0.25, 0.3) is 5.91 Å². The summed E-state index contributed by atoms with van der Waals surface area (Å²) in [6, 6.07) is 15.2. The summed E-state index contributed by atoms with van der Waals surface area (Å²) in [6.07, 6.45) is 1.66. The van der Waals surface area contributed by atoms with E-state index in [0.29, 0.717) is 27.5 Å². The standard InChI is InChI=1S/C22H20Cl2N2O3S/c1-14(2)30(28,29)13-15-6-8-17(20(24)11-15)22(27)26-16-7-9-19(23)18(12-16)21-5-3-4-10-25-21/h3-12,14H,13H2,1-2H3,(H,26,27). The van der Waals surface area contributed by atoms with E-state index in [1.807, 2.05) is 12.1 Å². The maximum atomic E-state index is 12.7. The molecule has 0 saturated carbocycles. The smallest absolute Gasteiger partial charge is 0.257 e. The van der Waals surface area contributed by atoms with Crippen LogP contribution in [0.3, 0.4) is 0 Å². The Labute approximate surface area is 186 Å². The number of benzene rings is 2. The molecule has 1 aromatic heterocycles. The van der Waals surface area contributed by atoms with Crippen molar-refractivity contribution in [2.45, 2.75) is 24.9 Å². The maximum Gasteiger partial charge on any atom is 0.257 e. The van der Waals surface area contributed by atoms with Crippen LogP contribution in [-0.2, 0) is 15.6 Å². The number of rotatable bonds is 6. The molecule has 0 bridgehead atoms. The van der Waals surface area contributed by atoms with E-state index in [4.69, 9.17) is 23.2 Å². The highest BCUT2D eigenvalue weighted by molar-refractivity contribution is 7.91. The molecule has 2 aromatic carbocycles. The van der Waals surface area contributed by atoms with Gasteiger partial charge in [-0.3, -0.25) is 9.78 Å². The van der Waals surface area contributed by atoms with Crippen molar-refractivity contribution in [3.05, 3.63) is 82.0 Å². The lowest BCUT2D eigenvalue weighted by atomic mass is 10.1. The van der Waals surface area contributed by atoms with E-state index in [0.717, 1.165) is 0 Å². The van der Waals surface area contributed by atoms with Crippen LogP contribution >= 0.6 is 23.2 Å². The molecule has 0 atom stereocenters. The Morgan fingerprint density at radius 2 is 1.80 bits per heavy atom. The fourth-order valence-electron chi connectivity index (χ4n) is 2.75. The summed E-state index contributed by atoms with van der Waals surface area (Å²) >= 11 is 12.5. The van der Waals surface area contributed by atoms with Crippen LogP contribution in [0.5, 0.6) is 0 Å². The van der Waals surface area contributed by atoms with Gasteiger partial charge in [-0.25, -0.2) is 8.42 Å².